The summed E-state index contributed by atoms with van der Waals surface area (Å²) in [5.74, 6) is 1.59. The Morgan fingerprint density at radius 1 is 1.12 bits per heavy atom. The van der Waals surface area contributed by atoms with Crippen LogP contribution in [0.25, 0.3) is 11.4 Å². The lowest BCUT2D eigenvalue weighted by Gasteiger charge is -2.32. The molecule has 7 nitrogen and oxygen atoms in total. The molecule has 2 aromatic heterocycles. The summed E-state index contributed by atoms with van der Waals surface area (Å²) in [4.78, 5) is 30.4. The lowest BCUT2D eigenvalue weighted by Crippen LogP contribution is -2.50. The third-order valence-corrected chi connectivity index (χ3v) is 7.76. The second-order valence-electron chi connectivity index (χ2n) is 8.84. The van der Waals surface area contributed by atoms with Crippen molar-refractivity contribution in [3.63, 3.8) is 0 Å². The number of anilines is 1. The van der Waals surface area contributed by atoms with E-state index in [1.807, 2.05) is 42.5 Å². The van der Waals surface area contributed by atoms with Crippen LogP contribution in [0.3, 0.4) is 0 Å². The first-order chi connectivity index (χ1) is 16.0. The first-order valence-corrected chi connectivity index (χ1v) is 12.1. The van der Waals surface area contributed by atoms with E-state index < -0.39 is 5.54 Å². The van der Waals surface area contributed by atoms with Crippen molar-refractivity contribution < 1.29 is 9.53 Å². The van der Waals surface area contributed by atoms with Gasteiger partial charge in [0.25, 0.3) is 5.91 Å². The van der Waals surface area contributed by atoms with Crippen LogP contribution in [0.15, 0.2) is 59.8 Å². The first kappa shape index (κ1) is 21.9. The highest BCUT2D eigenvalue weighted by Gasteiger charge is 2.40. The molecule has 1 aromatic carbocycles. The van der Waals surface area contributed by atoms with Crippen LogP contribution < -0.4 is 10.2 Å². The van der Waals surface area contributed by atoms with Gasteiger partial charge in [-0.05, 0) is 38.1 Å². The fourth-order valence-electron chi connectivity index (χ4n) is 4.15. The zero-order chi connectivity index (χ0) is 22.8. The molecule has 1 N–H and O–H groups in total. The second kappa shape index (κ2) is 9.11. The predicted molar refractivity (Wildman–Crippen MR) is 130 cm³/mol. The molecule has 1 atom stereocenters. The van der Waals surface area contributed by atoms with Crippen molar-refractivity contribution in [2.24, 2.45) is 0 Å². The smallest absolute Gasteiger partial charge is 0.251 e. The van der Waals surface area contributed by atoms with Crippen LogP contribution in [0.1, 0.15) is 29.9 Å². The Bertz CT molecular complexity index is 1130. The van der Waals surface area contributed by atoms with Crippen LogP contribution in [0.4, 0.5) is 5.82 Å². The van der Waals surface area contributed by atoms with E-state index >= 15 is 0 Å². The van der Waals surface area contributed by atoms with E-state index in [4.69, 9.17) is 14.7 Å². The number of aromatic nitrogens is 3. The Morgan fingerprint density at radius 2 is 1.91 bits per heavy atom. The molecule has 0 bridgehead atoms. The van der Waals surface area contributed by atoms with E-state index in [-0.39, 0.29) is 11.2 Å². The molecule has 1 unspecified atom stereocenters. The number of nitrogens with zero attached hydrogens (tertiary/aromatic N) is 4. The first-order valence-electron chi connectivity index (χ1n) is 11.2. The highest BCUT2D eigenvalue weighted by molar-refractivity contribution is 8.00. The van der Waals surface area contributed by atoms with E-state index in [1.165, 1.54) is 0 Å². The van der Waals surface area contributed by atoms with E-state index in [1.54, 1.807) is 24.2 Å². The maximum absolute atomic E-state index is 12.9. The number of carbonyl (C=O) groups is 1. The quantitative estimate of drug-likeness (QED) is 0.622. The van der Waals surface area contributed by atoms with Gasteiger partial charge in [-0.25, -0.2) is 9.97 Å². The van der Waals surface area contributed by atoms with Crippen molar-refractivity contribution in [1.29, 1.82) is 0 Å². The van der Waals surface area contributed by atoms with Crippen LogP contribution in [-0.2, 0) is 11.2 Å². The molecule has 0 saturated carbocycles. The van der Waals surface area contributed by atoms with Gasteiger partial charge in [0.15, 0.2) is 5.82 Å². The van der Waals surface area contributed by atoms with Crippen LogP contribution in [0.2, 0.25) is 0 Å². The Morgan fingerprint density at radius 3 is 2.64 bits per heavy atom. The third kappa shape index (κ3) is 4.58. The van der Waals surface area contributed by atoms with Gasteiger partial charge in [-0.3, -0.25) is 9.78 Å². The van der Waals surface area contributed by atoms with Gasteiger partial charge in [-0.1, -0.05) is 18.2 Å². The van der Waals surface area contributed by atoms with Crippen molar-refractivity contribution in [1.82, 2.24) is 20.3 Å². The summed E-state index contributed by atoms with van der Waals surface area (Å²) in [5, 5.41) is 3.38. The Labute approximate surface area is 198 Å². The van der Waals surface area contributed by atoms with Crippen molar-refractivity contribution in [2.75, 3.05) is 31.2 Å². The molecule has 0 spiro atoms. The Balaban J connectivity index is 1.45. The minimum Gasteiger partial charge on any atom is -0.378 e. The summed E-state index contributed by atoms with van der Waals surface area (Å²) in [7, 11) is 0. The SMILES string of the molecule is CC(C)(NC(=O)c1ccccc1)C1Cc2nc(-c3cccnc3)nc(N3CCOCC3)c2S1. The average molecular weight is 462 g/mol. The number of fused-ring (bicyclic) bond motifs is 1. The number of nitrogens with one attached hydrogen (secondary N) is 1. The van der Waals surface area contributed by atoms with Gasteiger partial charge >= 0.3 is 0 Å². The van der Waals surface area contributed by atoms with Gasteiger partial charge in [0.2, 0.25) is 0 Å². The van der Waals surface area contributed by atoms with Gasteiger partial charge < -0.3 is 15.0 Å². The van der Waals surface area contributed by atoms with E-state index in [2.05, 4.69) is 29.0 Å². The molecule has 2 aliphatic heterocycles. The lowest BCUT2D eigenvalue weighted by molar-refractivity contribution is 0.0912. The number of hydrogen-bond acceptors (Lipinski definition) is 7. The molecule has 1 amide bonds. The third-order valence-electron chi connectivity index (χ3n) is 6.06. The number of morpholine rings is 1. The molecule has 1 fully saturated rings. The highest BCUT2D eigenvalue weighted by Crippen LogP contribution is 2.46. The van der Waals surface area contributed by atoms with Crippen LogP contribution in [0.5, 0.6) is 0 Å². The van der Waals surface area contributed by atoms with Gasteiger partial charge in [-0.2, -0.15) is 0 Å². The number of carbonyl (C=O) groups excluding carboxylic acids is 1. The van der Waals surface area contributed by atoms with Gasteiger partial charge in [0, 0.05) is 53.8 Å². The number of rotatable bonds is 5. The van der Waals surface area contributed by atoms with Gasteiger partial charge in [-0.15, -0.1) is 11.8 Å². The fourth-order valence-corrected chi connectivity index (χ4v) is 5.58. The van der Waals surface area contributed by atoms with E-state index in [9.17, 15) is 4.79 Å². The van der Waals surface area contributed by atoms with Gasteiger partial charge in [0.1, 0.15) is 5.82 Å². The minimum atomic E-state index is -0.435. The number of benzene rings is 1. The fraction of sp³-hybridized carbons (Fsp3) is 0.360. The predicted octanol–water partition coefficient (Wildman–Crippen LogP) is 3.60. The van der Waals surface area contributed by atoms with E-state index in [0.717, 1.165) is 41.5 Å². The van der Waals surface area contributed by atoms with Gasteiger partial charge in [0.05, 0.1) is 23.8 Å². The summed E-state index contributed by atoms with van der Waals surface area (Å²) >= 11 is 1.77. The summed E-state index contributed by atoms with van der Waals surface area (Å²) in [5.41, 5.74) is 2.16. The summed E-state index contributed by atoms with van der Waals surface area (Å²) in [6, 6.07) is 13.2. The number of pyridine rings is 1. The zero-order valence-corrected chi connectivity index (χ0v) is 19.6. The standard InChI is InChI=1S/C25H27N5O2S/c1-25(2,29-24(31)17-7-4-3-5-8-17)20-15-19-21(33-20)23(30-11-13-32-14-12-30)28-22(27-19)18-9-6-10-26-16-18/h3-10,16,20H,11-15H2,1-2H3,(H,29,31). The lowest BCUT2D eigenvalue weighted by atomic mass is 9.95. The van der Waals surface area contributed by atoms with Crippen LogP contribution in [-0.4, -0.2) is 58.0 Å². The zero-order valence-electron chi connectivity index (χ0n) is 18.8. The molecule has 0 radical (unpaired) electrons. The van der Waals surface area contributed by atoms with Crippen molar-refractivity contribution in [2.45, 2.75) is 36.0 Å². The molecule has 0 aliphatic carbocycles. The number of ether oxygens (including phenoxy) is 1. The largest absolute Gasteiger partial charge is 0.378 e. The topological polar surface area (TPSA) is 80.2 Å². The minimum absolute atomic E-state index is 0.0623. The summed E-state index contributed by atoms with van der Waals surface area (Å²) in [6.07, 6.45) is 4.31. The summed E-state index contributed by atoms with van der Waals surface area (Å²) < 4.78 is 5.57. The molecule has 1 saturated heterocycles. The monoisotopic (exact) mass is 461 g/mol. The van der Waals surface area contributed by atoms with Crippen molar-refractivity contribution >= 4 is 23.5 Å². The molecule has 33 heavy (non-hydrogen) atoms. The number of amides is 1. The van der Waals surface area contributed by atoms with Crippen LogP contribution in [0, 0.1) is 0 Å². The Hall–Kier alpha value is -2.97. The normalized spacial score (nSPS) is 18.1. The molecule has 170 valence electrons. The molecular formula is C25H27N5O2S. The maximum Gasteiger partial charge on any atom is 0.251 e. The van der Waals surface area contributed by atoms with Crippen LogP contribution >= 0.6 is 11.8 Å². The second-order valence-corrected chi connectivity index (χ2v) is 10.1. The molecule has 8 heteroatoms. The summed E-state index contributed by atoms with van der Waals surface area (Å²) in [6.45, 7) is 7.15. The van der Waals surface area contributed by atoms with Crippen molar-refractivity contribution in [3.8, 4) is 11.4 Å². The number of hydrogen-bond donors (Lipinski definition) is 1. The van der Waals surface area contributed by atoms with Crippen molar-refractivity contribution in [3.05, 3.63) is 66.1 Å². The maximum atomic E-state index is 12.9. The average Bonchev–Trinajstić information content (AvgIpc) is 3.30. The molecule has 4 heterocycles. The molecule has 2 aliphatic rings. The highest BCUT2D eigenvalue weighted by atomic mass is 32.2. The van der Waals surface area contributed by atoms with E-state index in [0.29, 0.717) is 24.6 Å². The molecule has 3 aromatic rings. The number of thioether (sulfide) groups is 1. The molecular weight excluding hydrogens is 434 g/mol. The Kier molecular flexibility index (Phi) is 6.03. The molecule has 5 rings (SSSR count).